The van der Waals surface area contributed by atoms with Crippen LogP contribution in [0.15, 0.2) is 27.6 Å². The summed E-state index contributed by atoms with van der Waals surface area (Å²) < 4.78 is 33.8. The van der Waals surface area contributed by atoms with E-state index in [1.165, 1.54) is 7.11 Å². The van der Waals surface area contributed by atoms with Gasteiger partial charge < -0.3 is 10.1 Å². The summed E-state index contributed by atoms with van der Waals surface area (Å²) in [6, 6.07) is 5.75. The second-order valence-corrected chi connectivity index (χ2v) is 8.29. The van der Waals surface area contributed by atoms with E-state index < -0.39 is 10.0 Å². The van der Waals surface area contributed by atoms with Crippen LogP contribution < -0.4 is 14.8 Å². The quantitative estimate of drug-likeness (QED) is 0.798. The first-order valence-electron chi connectivity index (χ1n) is 7.10. The maximum atomic E-state index is 12.5. The number of fused-ring (bicyclic) bond motifs is 2. The van der Waals surface area contributed by atoms with Gasteiger partial charge in [0.1, 0.15) is 5.75 Å². The highest BCUT2D eigenvalue weighted by Gasteiger charge is 2.35. The summed E-state index contributed by atoms with van der Waals surface area (Å²) >= 11 is 3.33. The van der Waals surface area contributed by atoms with Gasteiger partial charge in [-0.1, -0.05) is 0 Å². The molecule has 0 aliphatic carbocycles. The summed E-state index contributed by atoms with van der Waals surface area (Å²) in [6.07, 6.45) is 4.02. The lowest BCUT2D eigenvalue weighted by Crippen LogP contribution is -2.47. The van der Waals surface area contributed by atoms with E-state index in [1.807, 2.05) is 0 Å². The van der Waals surface area contributed by atoms with Gasteiger partial charge >= 0.3 is 0 Å². The molecule has 2 heterocycles. The molecule has 0 spiro atoms. The summed E-state index contributed by atoms with van der Waals surface area (Å²) in [5.41, 5.74) is 0. The zero-order valence-corrected chi connectivity index (χ0v) is 15.4. The first-order chi connectivity index (χ1) is 9.98. The van der Waals surface area contributed by atoms with Crippen molar-refractivity contribution < 1.29 is 13.2 Å². The van der Waals surface area contributed by atoms with Crippen molar-refractivity contribution in [1.82, 2.24) is 10.0 Å². The minimum Gasteiger partial charge on any atom is -0.496 e. The number of ether oxygens (including phenoxy) is 1. The van der Waals surface area contributed by atoms with Crippen molar-refractivity contribution >= 4 is 38.4 Å². The molecular formula is C14H20BrClN2O3S. The van der Waals surface area contributed by atoms with E-state index in [4.69, 9.17) is 4.74 Å². The molecule has 2 bridgehead atoms. The van der Waals surface area contributed by atoms with Crippen molar-refractivity contribution in [3.8, 4) is 5.75 Å². The molecule has 2 N–H and O–H groups in total. The van der Waals surface area contributed by atoms with Gasteiger partial charge in [0.2, 0.25) is 10.0 Å². The normalized spacial score (nSPS) is 27.3. The lowest BCUT2D eigenvalue weighted by molar-refractivity contribution is 0.345. The zero-order chi connectivity index (χ0) is 15.0. The molecule has 124 valence electrons. The van der Waals surface area contributed by atoms with Gasteiger partial charge in [0.25, 0.3) is 0 Å². The van der Waals surface area contributed by atoms with Crippen molar-refractivity contribution in [3.63, 3.8) is 0 Å². The van der Waals surface area contributed by atoms with Gasteiger partial charge in [-0.05, 0) is 53.7 Å². The molecule has 0 aromatic heterocycles. The predicted molar refractivity (Wildman–Crippen MR) is 91.2 cm³/mol. The van der Waals surface area contributed by atoms with Gasteiger partial charge in [0.05, 0.1) is 16.5 Å². The van der Waals surface area contributed by atoms with E-state index >= 15 is 0 Å². The first kappa shape index (κ1) is 18.0. The van der Waals surface area contributed by atoms with Crippen molar-refractivity contribution in [3.05, 3.63) is 22.7 Å². The molecule has 2 unspecified atom stereocenters. The van der Waals surface area contributed by atoms with Crippen LogP contribution in [-0.2, 0) is 10.0 Å². The molecule has 2 aliphatic rings. The lowest BCUT2D eigenvalue weighted by Gasteiger charge is -2.29. The van der Waals surface area contributed by atoms with Crippen LogP contribution in [0, 0.1) is 0 Å². The number of benzene rings is 1. The van der Waals surface area contributed by atoms with Gasteiger partial charge in [-0.15, -0.1) is 12.4 Å². The maximum absolute atomic E-state index is 12.5. The minimum atomic E-state index is -3.51. The van der Waals surface area contributed by atoms with Crippen LogP contribution in [0.3, 0.4) is 0 Å². The third kappa shape index (κ3) is 3.76. The fourth-order valence-electron chi connectivity index (χ4n) is 3.25. The van der Waals surface area contributed by atoms with Crippen LogP contribution in [0.4, 0.5) is 0 Å². The summed E-state index contributed by atoms with van der Waals surface area (Å²) in [7, 11) is -1.98. The Bertz CT molecular complexity index is 629. The number of methoxy groups -OCH3 is 1. The van der Waals surface area contributed by atoms with E-state index in [0.29, 0.717) is 17.8 Å². The third-order valence-corrected chi connectivity index (χ3v) is 6.40. The number of piperidine rings is 1. The highest BCUT2D eigenvalue weighted by Crippen LogP contribution is 2.30. The number of nitrogens with one attached hydrogen (secondary N) is 2. The number of hydrogen-bond donors (Lipinski definition) is 2. The Kier molecular flexibility index (Phi) is 5.77. The van der Waals surface area contributed by atoms with Crippen LogP contribution in [-0.4, -0.2) is 33.7 Å². The monoisotopic (exact) mass is 410 g/mol. The molecular weight excluding hydrogens is 392 g/mol. The molecule has 0 amide bonds. The van der Waals surface area contributed by atoms with Crippen LogP contribution in [0.2, 0.25) is 0 Å². The summed E-state index contributed by atoms with van der Waals surface area (Å²) in [5.74, 6) is 0.517. The van der Waals surface area contributed by atoms with Crippen LogP contribution in [0.5, 0.6) is 5.75 Å². The van der Waals surface area contributed by atoms with E-state index in [1.54, 1.807) is 18.2 Å². The molecule has 3 rings (SSSR count). The molecule has 22 heavy (non-hydrogen) atoms. The predicted octanol–water partition coefficient (Wildman–Crippen LogP) is 2.44. The Balaban J connectivity index is 0.00000176. The van der Waals surface area contributed by atoms with Crippen molar-refractivity contribution in [2.24, 2.45) is 0 Å². The number of sulfonamides is 1. The molecule has 2 saturated heterocycles. The molecule has 1 aromatic carbocycles. The summed E-state index contributed by atoms with van der Waals surface area (Å²) in [6.45, 7) is 0. The molecule has 2 aliphatic heterocycles. The molecule has 8 heteroatoms. The van der Waals surface area contributed by atoms with Crippen LogP contribution in [0.25, 0.3) is 0 Å². The highest BCUT2D eigenvalue weighted by atomic mass is 79.9. The third-order valence-electron chi connectivity index (χ3n) is 4.23. The first-order valence-corrected chi connectivity index (χ1v) is 9.37. The van der Waals surface area contributed by atoms with E-state index in [2.05, 4.69) is 26.0 Å². The summed E-state index contributed by atoms with van der Waals surface area (Å²) in [4.78, 5) is 0.244. The van der Waals surface area contributed by atoms with Gasteiger partial charge in [-0.3, -0.25) is 0 Å². The van der Waals surface area contributed by atoms with E-state index in [-0.39, 0.29) is 23.3 Å². The molecule has 0 saturated carbocycles. The van der Waals surface area contributed by atoms with Crippen LogP contribution in [0.1, 0.15) is 25.7 Å². The Morgan fingerprint density at radius 1 is 1.27 bits per heavy atom. The second-order valence-electron chi connectivity index (χ2n) is 5.72. The largest absolute Gasteiger partial charge is 0.496 e. The number of rotatable bonds is 4. The average molecular weight is 412 g/mol. The van der Waals surface area contributed by atoms with Crippen molar-refractivity contribution in [2.45, 2.75) is 48.7 Å². The Hall–Kier alpha value is -0.340. The SMILES string of the molecule is COc1cc(S(=O)(=O)NC2CC3CCC(C2)N3)ccc1Br.Cl. The standard InChI is InChI=1S/C14H19BrN2O3S.ClH/c1-20-14-8-12(4-5-13(14)15)21(18,19)17-11-6-9-2-3-10(7-11)16-9;/h4-5,8-11,16-17H,2-3,6-7H2,1H3;1H. The second kappa shape index (κ2) is 7.05. The van der Waals surface area contributed by atoms with Crippen LogP contribution >= 0.6 is 28.3 Å². The molecule has 2 atom stereocenters. The van der Waals surface area contributed by atoms with E-state index in [9.17, 15) is 8.42 Å². The Morgan fingerprint density at radius 2 is 1.91 bits per heavy atom. The van der Waals surface area contributed by atoms with Crippen molar-refractivity contribution in [2.75, 3.05) is 7.11 Å². The smallest absolute Gasteiger partial charge is 0.240 e. The summed E-state index contributed by atoms with van der Waals surface area (Å²) in [5, 5.41) is 3.51. The molecule has 0 radical (unpaired) electrons. The van der Waals surface area contributed by atoms with Gasteiger partial charge in [-0.2, -0.15) is 0 Å². The van der Waals surface area contributed by atoms with Gasteiger partial charge in [0, 0.05) is 24.2 Å². The Labute approximate surface area is 145 Å². The molecule has 2 fully saturated rings. The van der Waals surface area contributed by atoms with Gasteiger partial charge in [0.15, 0.2) is 0 Å². The van der Waals surface area contributed by atoms with Crippen molar-refractivity contribution in [1.29, 1.82) is 0 Å². The fraction of sp³-hybridized carbons (Fsp3) is 0.571. The topological polar surface area (TPSA) is 67.4 Å². The fourth-order valence-corrected chi connectivity index (χ4v) is 4.93. The minimum absolute atomic E-state index is 0. The number of hydrogen-bond acceptors (Lipinski definition) is 4. The molecule has 1 aromatic rings. The zero-order valence-electron chi connectivity index (χ0n) is 12.2. The van der Waals surface area contributed by atoms with E-state index in [0.717, 1.165) is 30.2 Å². The average Bonchev–Trinajstić information content (AvgIpc) is 2.78. The van der Waals surface area contributed by atoms with Gasteiger partial charge in [-0.25, -0.2) is 13.1 Å². The number of halogens is 2. The lowest BCUT2D eigenvalue weighted by atomic mass is 10.0. The highest BCUT2D eigenvalue weighted by molar-refractivity contribution is 9.10. The molecule has 5 nitrogen and oxygen atoms in total. The maximum Gasteiger partial charge on any atom is 0.240 e. The Morgan fingerprint density at radius 3 is 2.50 bits per heavy atom.